The van der Waals surface area contributed by atoms with Crippen LogP contribution in [0.1, 0.15) is 19.3 Å². The monoisotopic (exact) mass is 363 g/mol. The molecule has 0 bridgehead atoms. The lowest BCUT2D eigenvalue weighted by atomic mass is 10.2. The van der Waals surface area contributed by atoms with Gasteiger partial charge in [0.25, 0.3) is 0 Å². The van der Waals surface area contributed by atoms with Gasteiger partial charge in [0, 0.05) is 45.2 Å². The number of nitrogens with zero attached hydrogens (tertiary/aromatic N) is 2. The number of carbonyl (C=O) groups is 1. The van der Waals surface area contributed by atoms with Crippen LogP contribution >= 0.6 is 12.2 Å². The number of thiocarbonyl (C=S) groups is 1. The smallest absolute Gasteiger partial charge is 0.305 e. The van der Waals surface area contributed by atoms with Gasteiger partial charge in [-0.3, -0.25) is 9.69 Å². The van der Waals surface area contributed by atoms with Crippen LogP contribution in [0.5, 0.6) is 0 Å². The van der Waals surface area contributed by atoms with E-state index < -0.39 is 9.84 Å². The summed E-state index contributed by atoms with van der Waals surface area (Å²) >= 11 is 5.38. The van der Waals surface area contributed by atoms with Crippen molar-refractivity contribution in [2.24, 2.45) is 0 Å². The Bertz CT molecular complexity index is 530. The molecule has 2 aliphatic rings. The highest BCUT2D eigenvalue weighted by Crippen LogP contribution is 2.19. The lowest BCUT2D eigenvalue weighted by Gasteiger charge is -2.38. The Hall–Kier alpha value is -0.930. The molecule has 2 heterocycles. The zero-order valence-corrected chi connectivity index (χ0v) is 15.1. The van der Waals surface area contributed by atoms with E-state index in [0.717, 1.165) is 32.6 Å². The second-order valence-corrected chi connectivity index (χ2v) is 8.61. The minimum atomic E-state index is -2.83. The Morgan fingerprint density at radius 3 is 2.57 bits per heavy atom. The molecule has 1 N–H and O–H groups in total. The lowest BCUT2D eigenvalue weighted by Crippen LogP contribution is -2.54. The second kappa shape index (κ2) is 8.25. The van der Waals surface area contributed by atoms with Crippen LogP contribution in [0.25, 0.3) is 0 Å². The normalized spacial score (nSPS) is 24.4. The fraction of sp³-hybridized carbons (Fsp3) is 0.857. The number of nitrogens with one attached hydrogen (secondary N) is 1. The number of carbonyl (C=O) groups excluding carboxylic acids is 1. The van der Waals surface area contributed by atoms with Crippen molar-refractivity contribution < 1.29 is 17.9 Å². The highest BCUT2D eigenvalue weighted by Gasteiger charge is 2.33. The molecule has 9 heteroatoms. The molecule has 23 heavy (non-hydrogen) atoms. The maximum Gasteiger partial charge on any atom is 0.305 e. The molecule has 2 saturated heterocycles. The Labute approximate surface area is 143 Å². The van der Waals surface area contributed by atoms with E-state index in [4.69, 9.17) is 12.2 Å². The molecule has 0 radical (unpaired) electrons. The topological polar surface area (TPSA) is 79.0 Å². The standard InChI is InChI=1S/C14H25N3O4S2/c1-21-13(18)3-2-5-15-14(22)17-8-6-16(7-9-17)12-4-10-23(19,20)11-12/h12H,2-11H2,1H3,(H,15,22)/t12-/m1/s1. The molecule has 0 unspecified atom stereocenters. The fourth-order valence-electron chi connectivity index (χ4n) is 3.00. The molecular formula is C14H25N3O4S2. The third-order valence-electron chi connectivity index (χ3n) is 4.39. The summed E-state index contributed by atoms with van der Waals surface area (Å²) in [5.41, 5.74) is 0. The summed E-state index contributed by atoms with van der Waals surface area (Å²) in [5.74, 6) is 0.402. The predicted octanol–water partition coefficient (Wildman–Crippen LogP) is -0.381. The van der Waals surface area contributed by atoms with E-state index in [1.54, 1.807) is 0 Å². The van der Waals surface area contributed by atoms with Crippen LogP contribution in [0.2, 0.25) is 0 Å². The van der Waals surface area contributed by atoms with Crippen LogP contribution in [0, 0.1) is 0 Å². The van der Waals surface area contributed by atoms with Crippen molar-refractivity contribution in [3.8, 4) is 0 Å². The van der Waals surface area contributed by atoms with E-state index >= 15 is 0 Å². The zero-order chi connectivity index (χ0) is 16.9. The summed E-state index contributed by atoms with van der Waals surface area (Å²) in [6.45, 7) is 3.93. The lowest BCUT2D eigenvalue weighted by molar-refractivity contribution is -0.140. The van der Waals surface area contributed by atoms with E-state index in [-0.39, 0.29) is 12.0 Å². The molecule has 0 amide bonds. The first-order valence-electron chi connectivity index (χ1n) is 7.95. The van der Waals surface area contributed by atoms with Gasteiger partial charge >= 0.3 is 5.97 Å². The van der Waals surface area contributed by atoms with E-state index in [0.29, 0.717) is 36.0 Å². The molecule has 0 aliphatic carbocycles. The third-order valence-corrected chi connectivity index (χ3v) is 6.54. The summed E-state index contributed by atoms with van der Waals surface area (Å²) in [6.07, 6.45) is 1.82. The molecule has 132 valence electrons. The van der Waals surface area contributed by atoms with Gasteiger partial charge in [0.2, 0.25) is 0 Å². The summed E-state index contributed by atoms with van der Waals surface area (Å²) < 4.78 is 27.7. The van der Waals surface area contributed by atoms with E-state index in [1.807, 2.05) is 0 Å². The molecule has 0 spiro atoms. The number of sulfone groups is 1. The zero-order valence-electron chi connectivity index (χ0n) is 13.5. The summed E-state index contributed by atoms with van der Waals surface area (Å²) in [6, 6.07) is 0.170. The van der Waals surface area contributed by atoms with Gasteiger partial charge in [-0.15, -0.1) is 0 Å². The van der Waals surface area contributed by atoms with Crippen molar-refractivity contribution in [2.45, 2.75) is 25.3 Å². The van der Waals surface area contributed by atoms with Crippen molar-refractivity contribution >= 4 is 33.1 Å². The van der Waals surface area contributed by atoms with Crippen molar-refractivity contribution in [1.82, 2.24) is 15.1 Å². The highest BCUT2D eigenvalue weighted by molar-refractivity contribution is 7.91. The first-order valence-corrected chi connectivity index (χ1v) is 10.2. The number of rotatable bonds is 5. The summed E-state index contributed by atoms with van der Waals surface area (Å²) in [4.78, 5) is 15.4. The number of hydrogen-bond acceptors (Lipinski definition) is 6. The van der Waals surface area contributed by atoms with Gasteiger partial charge in [-0.05, 0) is 25.1 Å². The van der Waals surface area contributed by atoms with Crippen molar-refractivity contribution in [3.63, 3.8) is 0 Å². The Kier molecular flexibility index (Phi) is 6.60. The molecular weight excluding hydrogens is 338 g/mol. The first-order chi connectivity index (χ1) is 10.9. The fourth-order valence-corrected chi connectivity index (χ4v) is 5.04. The van der Waals surface area contributed by atoms with Crippen molar-refractivity contribution in [3.05, 3.63) is 0 Å². The Morgan fingerprint density at radius 2 is 2.00 bits per heavy atom. The van der Waals surface area contributed by atoms with Crippen LogP contribution in [0.3, 0.4) is 0 Å². The molecule has 7 nitrogen and oxygen atoms in total. The number of esters is 1. The van der Waals surface area contributed by atoms with E-state index in [9.17, 15) is 13.2 Å². The van der Waals surface area contributed by atoms with Crippen LogP contribution in [-0.2, 0) is 19.4 Å². The molecule has 0 aromatic rings. The average Bonchev–Trinajstić information content (AvgIpc) is 2.91. The van der Waals surface area contributed by atoms with Crippen LogP contribution in [0.4, 0.5) is 0 Å². The number of ether oxygens (including phenoxy) is 1. The molecule has 0 aromatic carbocycles. The highest BCUT2D eigenvalue weighted by atomic mass is 32.2. The van der Waals surface area contributed by atoms with Crippen LogP contribution < -0.4 is 5.32 Å². The van der Waals surface area contributed by atoms with Gasteiger partial charge in [-0.1, -0.05) is 0 Å². The quantitative estimate of drug-likeness (QED) is 0.402. The summed E-state index contributed by atoms with van der Waals surface area (Å²) in [5, 5.41) is 3.87. The largest absolute Gasteiger partial charge is 0.469 e. The molecule has 1 atom stereocenters. The van der Waals surface area contributed by atoms with Gasteiger partial charge < -0.3 is 15.0 Å². The van der Waals surface area contributed by atoms with Crippen molar-refractivity contribution in [2.75, 3.05) is 51.3 Å². The molecule has 2 aliphatic heterocycles. The second-order valence-electron chi connectivity index (χ2n) is 5.99. The summed E-state index contributed by atoms with van der Waals surface area (Å²) in [7, 11) is -1.45. The maximum atomic E-state index is 11.6. The Morgan fingerprint density at radius 1 is 1.30 bits per heavy atom. The predicted molar refractivity (Wildman–Crippen MR) is 92.1 cm³/mol. The number of hydrogen-bond donors (Lipinski definition) is 1. The van der Waals surface area contributed by atoms with Crippen LogP contribution in [0.15, 0.2) is 0 Å². The van der Waals surface area contributed by atoms with Crippen molar-refractivity contribution in [1.29, 1.82) is 0 Å². The van der Waals surface area contributed by atoms with E-state index in [2.05, 4.69) is 19.9 Å². The van der Waals surface area contributed by atoms with Gasteiger partial charge in [-0.2, -0.15) is 0 Å². The number of methoxy groups -OCH3 is 1. The maximum absolute atomic E-state index is 11.6. The number of piperazine rings is 1. The SMILES string of the molecule is COC(=O)CCCNC(=S)N1CCN([C@@H]2CCS(=O)(=O)C2)CC1. The first kappa shape index (κ1) is 18.4. The third kappa shape index (κ3) is 5.58. The van der Waals surface area contributed by atoms with Gasteiger partial charge in [0.1, 0.15) is 0 Å². The molecule has 0 aromatic heterocycles. The Balaban J connectivity index is 1.66. The van der Waals surface area contributed by atoms with Gasteiger partial charge in [-0.25, -0.2) is 8.42 Å². The molecule has 2 fully saturated rings. The van der Waals surface area contributed by atoms with E-state index in [1.165, 1.54) is 7.11 Å². The minimum absolute atomic E-state index is 0.170. The van der Waals surface area contributed by atoms with Crippen LogP contribution in [-0.4, -0.2) is 86.7 Å². The van der Waals surface area contributed by atoms with Gasteiger partial charge in [0.15, 0.2) is 14.9 Å². The average molecular weight is 364 g/mol. The molecule has 2 rings (SSSR count). The minimum Gasteiger partial charge on any atom is -0.469 e. The van der Waals surface area contributed by atoms with Gasteiger partial charge in [0.05, 0.1) is 18.6 Å². The molecule has 0 saturated carbocycles.